The minimum Gasteiger partial charge on any atom is -0.463 e. The van der Waals surface area contributed by atoms with E-state index in [-0.39, 0.29) is 19.2 Å². The smallest absolute Gasteiger partial charge is 0.393 e. The summed E-state index contributed by atoms with van der Waals surface area (Å²) in [6.07, 6.45) is 11.7. The minimum absolute atomic E-state index is 0.232. The van der Waals surface area contributed by atoms with Gasteiger partial charge in [0.25, 0.3) is 0 Å². The van der Waals surface area contributed by atoms with Crippen molar-refractivity contribution in [2.75, 3.05) is 13.2 Å². The molecular weight excluding hydrogens is 435 g/mol. The van der Waals surface area contributed by atoms with Crippen molar-refractivity contribution in [2.45, 2.75) is 103 Å². The van der Waals surface area contributed by atoms with Crippen LogP contribution in [0.15, 0.2) is 0 Å². The molecule has 0 aliphatic rings. The Hall–Kier alpha value is 0.0600. The van der Waals surface area contributed by atoms with Gasteiger partial charge < -0.3 is 14.7 Å². The topological polar surface area (TPSA) is 93.1 Å². The molecule has 2 unspecified atom stereocenters. The van der Waals surface area contributed by atoms with E-state index in [9.17, 15) is 14.5 Å². The SMILES string of the molecule is CCCCCCCCCCCCCCCC(=O)OCC(O)COP(=O)(O)Br. The molecule has 6 nitrogen and oxygen atoms in total. The van der Waals surface area contributed by atoms with Gasteiger partial charge in [-0.2, -0.15) is 0 Å². The van der Waals surface area contributed by atoms with Crippen molar-refractivity contribution in [1.29, 1.82) is 0 Å². The number of unbranched alkanes of at least 4 members (excludes halogenated alkanes) is 12. The molecule has 2 N–H and O–H groups in total. The molecule has 0 aliphatic carbocycles. The highest BCUT2D eigenvalue weighted by atomic mass is 79.9. The predicted molar refractivity (Wildman–Crippen MR) is 112 cm³/mol. The van der Waals surface area contributed by atoms with E-state index in [0.29, 0.717) is 6.42 Å². The molecule has 0 heterocycles. The van der Waals surface area contributed by atoms with Gasteiger partial charge in [0.1, 0.15) is 12.7 Å². The quantitative estimate of drug-likeness (QED) is 0.138. The Labute approximate surface area is 172 Å². The monoisotopic (exact) mass is 472 g/mol. The largest absolute Gasteiger partial charge is 0.463 e. The number of hydrogen-bond donors (Lipinski definition) is 2. The highest BCUT2D eigenvalue weighted by molar-refractivity contribution is 9.39. The molecular formula is C19H38BrO6P. The average Bonchev–Trinajstić information content (AvgIpc) is 2.61. The van der Waals surface area contributed by atoms with Crippen LogP contribution < -0.4 is 0 Å². The summed E-state index contributed by atoms with van der Waals surface area (Å²) in [5.74, 6) is -0.358. The fourth-order valence-electron chi connectivity index (χ4n) is 2.77. The van der Waals surface area contributed by atoms with Crippen LogP contribution in [-0.4, -0.2) is 35.3 Å². The number of halogens is 1. The van der Waals surface area contributed by atoms with Gasteiger partial charge in [0.15, 0.2) is 0 Å². The Bertz CT molecular complexity index is 402. The molecule has 0 spiro atoms. The van der Waals surface area contributed by atoms with Gasteiger partial charge in [-0.05, 0) is 6.42 Å². The Balaban J connectivity index is 3.33. The lowest BCUT2D eigenvalue weighted by molar-refractivity contribution is -0.147. The molecule has 0 aromatic heterocycles. The molecule has 0 radical (unpaired) electrons. The molecule has 8 heteroatoms. The van der Waals surface area contributed by atoms with Crippen molar-refractivity contribution < 1.29 is 28.6 Å². The van der Waals surface area contributed by atoms with Gasteiger partial charge in [0, 0.05) is 21.9 Å². The van der Waals surface area contributed by atoms with E-state index in [4.69, 9.17) is 9.63 Å². The summed E-state index contributed by atoms with van der Waals surface area (Å²) in [7, 11) is 0. The van der Waals surface area contributed by atoms with Crippen molar-refractivity contribution in [1.82, 2.24) is 0 Å². The summed E-state index contributed by atoms with van der Waals surface area (Å²) in [4.78, 5) is 20.4. The predicted octanol–water partition coefficient (Wildman–Crippen LogP) is 5.88. The van der Waals surface area contributed by atoms with Gasteiger partial charge in [0.05, 0.1) is 6.61 Å². The van der Waals surface area contributed by atoms with Crippen molar-refractivity contribution in [3.63, 3.8) is 0 Å². The highest BCUT2D eigenvalue weighted by Gasteiger charge is 2.17. The third-order valence-corrected chi connectivity index (χ3v) is 5.43. The third-order valence-electron chi connectivity index (χ3n) is 4.35. The molecule has 0 amide bonds. The Morgan fingerprint density at radius 1 is 0.889 bits per heavy atom. The van der Waals surface area contributed by atoms with E-state index in [2.05, 4.69) is 26.9 Å². The molecule has 0 aliphatic heterocycles. The number of carbonyl (C=O) groups excluding carboxylic acids is 1. The summed E-state index contributed by atoms with van der Waals surface area (Å²) >= 11 is 2.44. The first-order valence-corrected chi connectivity index (χ1v) is 14.0. The summed E-state index contributed by atoms with van der Waals surface area (Å²) in [5.41, 5.74) is 0. The van der Waals surface area contributed by atoms with Gasteiger partial charge in [-0.3, -0.25) is 9.32 Å². The maximum Gasteiger partial charge on any atom is 0.393 e. The van der Waals surface area contributed by atoms with E-state index < -0.39 is 12.4 Å². The van der Waals surface area contributed by atoms with Gasteiger partial charge in [-0.15, -0.1) is 0 Å². The normalized spacial score (nSPS) is 14.7. The van der Waals surface area contributed by atoms with Crippen LogP contribution in [0, 0.1) is 0 Å². The lowest BCUT2D eigenvalue weighted by atomic mass is 10.0. The second-order valence-electron chi connectivity index (χ2n) is 7.08. The van der Waals surface area contributed by atoms with Crippen LogP contribution in [0.4, 0.5) is 0 Å². The van der Waals surface area contributed by atoms with Crippen LogP contribution in [0.2, 0.25) is 0 Å². The fraction of sp³-hybridized carbons (Fsp3) is 0.947. The van der Waals surface area contributed by atoms with Gasteiger partial charge >= 0.3 is 12.3 Å². The number of rotatable bonds is 19. The molecule has 0 aromatic rings. The summed E-state index contributed by atoms with van der Waals surface area (Å²) in [6.45, 7) is 1.64. The Morgan fingerprint density at radius 3 is 1.78 bits per heavy atom. The number of ether oxygens (including phenoxy) is 1. The number of esters is 1. The zero-order chi connectivity index (χ0) is 20.4. The standard InChI is InChI=1S/C19H38BrO6P/c1-2-3-4-5-6-7-8-9-10-11-12-13-14-15-19(22)25-16-18(21)17-26-27(20,23)24/h18,21H,2-17H2,1H3,(H,23,24). The first-order valence-electron chi connectivity index (χ1n) is 10.4. The first-order chi connectivity index (χ1) is 12.8. The van der Waals surface area contributed by atoms with Crippen molar-refractivity contribution >= 4 is 27.8 Å². The number of hydrogen-bond acceptors (Lipinski definition) is 5. The lowest BCUT2D eigenvalue weighted by Crippen LogP contribution is -2.22. The van der Waals surface area contributed by atoms with Crippen LogP contribution in [-0.2, 0) is 18.6 Å². The molecule has 0 saturated heterocycles. The zero-order valence-corrected chi connectivity index (χ0v) is 19.2. The summed E-state index contributed by atoms with van der Waals surface area (Å²) in [6, 6.07) is 0. The van der Waals surface area contributed by atoms with Gasteiger partial charge in [-0.25, -0.2) is 4.57 Å². The van der Waals surface area contributed by atoms with Crippen LogP contribution in [0.3, 0.4) is 0 Å². The molecule has 0 saturated carbocycles. The lowest BCUT2D eigenvalue weighted by Gasteiger charge is -2.12. The minimum atomic E-state index is -3.80. The average molecular weight is 473 g/mol. The number of aliphatic hydroxyl groups is 1. The van der Waals surface area contributed by atoms with E-state index in [1.54, 1.807) is 0 Å². The van der Waals surface area contributed by atoms with Crippen molar-refractivity contribution in [3.8, 4) is 0 Å². The van der Waals surface area contributed by atoms with Crippen LogP contribution >= 0.6 is 21.8 Å². The maximum absolute atomic E-state index is 11.6. The number of carbonyl (C=O) groups is 1. The van der Waals surface area contributed by atoms with E-state index in [1.807, 2.05) is 0 Å². The molecule has 0 rings (SSSR count). The second-order valence-corrected chi connectivity index (χ2v) is 10.9. The highest BCUT2D eigenvalue weighted by Crippen LogP contribution is 2.50. The number of aliphatic hydroxyl groups excluding tert-OH is 1. The van der Waals surface area contributed by atoms with Crippen LogP contribution in [0.5, 0.6) is 0 Å². The van der Waals surface area contributed by atoms with Crippen molar-refractivity contribution in [3.05, 3.63) is 0 Å². The van der Waals surface area contributed by atoms with Gasteiger partial charge in [-0.1, -0.05) is 84.0 Å². The molecule has 2 atom stereocenters. The van der Waals surface area contributed by atoms with E-state index in [0.717, 1.165) is 19.3 Å². The van der Waals surface area contributed by atoms with Crippen LogP contribution in [0.1, 0.15) is 96.8 Å². The van der Waals surface area contributed by atoms with Gasteiger partial charge in [0.2, 0.25) is 0 Å². The zero-order valence-electron chi connectivity index (χ0n) is 16.7. The first kappa shape index (κ1) is 27.1. The van der Waals surface area contributed by atoms with Crippen LogP contribution in [0.25, 0.3) is 0 Å². The molecule has 0 fully saturated rings. The fourth-order valence-corrected chi connectivity index (χ4v) is 3.49. The Morgan fingerprint density at radius 2 is 1.33 bits per heavy atom. The second kappa shape index (κ2) is 18.1. The third kappa shape index (κ3) is 22.2. The maximum atomic E-state index is 11.6. The molecule has 162 valence electrons. The molecule has 0 bridgehead atoms. The Kier molecular flexibility index (Phi) is 18.2. The summed E-state index contributed by atoms with van der Waals surface area (Å²) < 4.78 is 20.3. The molecule has 27 heavy (non-hydrogen) atoms. The van der Waals surface area contributed by atoms with E-state index in [1.165, 1.54) is 64.2 Å². The van der Waals surface area contributed by atoms with Crippen molar-refractivity contribution in [2.24, 2.45) is 0 Å². The van der Waals surface area contributed by atoms with E-state index >= 15 is 0 Å². The molecule has 0 aromatic carbocycles. The summed E-state index contributed by atoms with van der Waals surface area (Å²) in [5, 5.41) is 9.49.